The lowest BCUT2D eigenvalue weighted by molar-refractivity contribution is 0.0608. The van der Waals surface area contributed by atoms with Gasteiger partial charge in [0.2, 0.25) is 0 Å². The number of hydrogen-bond acceptors (Lipinski definition) is 3. The van der Waals surface area contributed by atoms with Crippen molar-refractivity contribution in [2.45, 2.75) is 38.6 Å². The van der Waals surface area contributed by atoms with Gasteiger partial charge >= 0.3 is 0 Å². The van der Waals surface area contributed by atoms with Gasteiger partial charge < -0.3 is 9.32 Å². The molecule has 1 unspecified atom stereocenters. The predicted molar refractivity (Wildman–Crippen MR) is 73.0 cm³/mol. The zero-order valence-corrected chi connectivity index (χ0v) is 11.1. The summed E-state index contributed by atoms with van der Waals surface area (Å²) in [6.07, 6.45) is 5.88. The predicted octanol–water partition coefficient (Wildman–Crippen LogP) is 3.23. The van der Waals surface area contributed by atoms with Gasteiger partial charge in [-0.2, -0.15) is 0 Å². The fraction of sp³-hybridized carbons (Fsp3) is 0.467. The molecule has 1 aromatic carbocycles. The van der Waals surface area contributed by atoms with E-state index in [2.05, 4.69) is 11.9 Å². The summed E-state index contributed by atoms with van der Waals surface area (Å²) in [4.78, 5) is 18.7. The van der Waals surface area contributed by atoms with Crippen LogP contribution in [0.4, 0.5) is 0 Å². The number of piperidine rings is 1. The third kappa shape index (κ3) is 2.23. The normalized spacial score (nSPS) is 19.8. The van der Waals surface area contributed by atoms with Crippen LogP contribution in [0.5, 0.6) is 0 Å². The summed E-state index contributed by atoms with van der Waals surface area (Å²) in [5.74, 6) is 0.116. The van der Waals surface area contributed by atoms with E-state index < -0.39 is 0 Å². The highest BCUT2D eigenvalue weighted by Crippen LogP contribution is 2.23. The van der Waals surface area contributed by atoms with Crippen molar-refractivity contribution in [1.29, 1.82) is 0 Å². The summed E-state index contributed by atoms with van der Waals surface area (Å²) < 4.78 is 5.27. The molecule has 1 aromatic heterocycles. The number of fused-ring (bicyclic) bond motifs is 1. The summed E-state index contributed by atoms with van der Waals surface area (Å²) in [7, 11) is 0. The van der Waals surface area contributed by atoms with E-state index in [0.29, 0.717) is 17.2 Å². The Labute approximate surface area is 112 Å². The molecule has 0 radical (unpaired) electrons. The maximum atomic E-state index is 12.6. The van der Waals surface area contributed by atoms with Gasteiger partial charge in [-0.25, -0.2) is 4.98 Å². The van der Waals surface area contributed by atoms with Crippen LogP contribution >= 0.6 is 0 Å². The van der Waals surface area contributed by atoms with Crippen LogP contribution in [-0.2, 0) is 0 Å². The van der Waals surface area contributed by atoms with Crippen molar-refractivity contribution in [3.63, 3.8) is 0 Å². The van der Waals surface area contributed by atoms with Crippen LogP contribution in [0.25, 0.3) is 11.1 Å². The van der Waals surface area contributed by atoms with Gasteiger partial charge in [0.15, 0.2) is 12.0 Å². The summed E-state index contributed by atoms with van der Waals surface area (Å²) in [5, 5.41) is 0. The van der Waals surface area contributed by atoms with Crippen molar-refractivity contribution in [2.75, 3.05) is 6.54 Å². The minimum absolute atomic E-state index is 0.116. The van der Waals surface area contributed by atoms with E-state index in [1.165, 1.54) is 12.8 Å². The molecule has 19 heavy (non-hydrogen) atoms. The molecule has 0 aliphatic carbocycles. The lowest BCUT2D eigenvalue weighted by Crippen LogP contribution is -2.43. The summed E-state index contributed by atoms with van der Waals surface area (Å²) >= 11 is 0. The number of hydrogen-bond donors (Lipinski definition) is 0. The van der Waals surface area contributed by atoms with Gasteiger partial charge in [0, 0.05) is 18.2 Å². The van der Waals surface area contributed by atoms with E-state index >= 15 is 0 Å². The third-order valence-electron chi connectivity index (χ3n) is 3.94. The maximum Gasteiger partial charge on any atom is 0.254 e. The first kappa shape index (κ1) is 12.2. The molecule has 100 valence electrons. The van der Waals surface area contributed by atoms with E-state index in [1.807, 2.05) is 17.0 Å². The Morgan fingerprint density at radius 1 is 1.47 bits per heavy atom. The Hall–Kier alpha value is -1.84. The van der Waals surface area contributed by atoms with Crippen LogP contribution in [0.15, 0.2) is 29.0 Å². The van der Waals surface area contributed by atoms with Crippen molar-refractivity contribution in [2.24, 2.45) is 0 Å². The molecule has 0 N–H and O–H groups in total. The van der Waals surface area contributed by atoms with Crippen molar-refractivity contribution in [3.8, 4) is 0 Å². The first-order valence-corrected chi connectivity index (χ1v) is 6.94. The molecule has 1 aliphatic rings. The van der Waals surface area contributed by atoms with Crippen LogP contribution in [0.2, 0.25) is 0 Å². The van der Waals surface area contributed by atoms with Gasteiger partial charge in [-0.05, 0) is 43.9 Å². The first-order valence-electron chi connectivity index (χ1n) is 6.94. The SMILES string of the molecule is CCC1CCCCN1C(=O)c1ccc2ncoc2c1. The van der Waals surface area contributed by atoms with Crippen molar-refractivity contribution in [1.82, 2.24) is 9.88 Å². The lowest BCUT2D eigenvalue weighted by Gasteiger charge is -2.35. The van der Waals surface area contributed by atoms with E-state index in [1.54, 1.807) is 6.07 Å². The smallest absolute Gasteiger partial charge is 0.254 e. The fourth-order valence-corrected chi connectivity index (χ4v) is 2.85. The molecular weight excluding hydrogens is 240 g/mol. The average molecular weight is 258 g/mol. The lowest BCUT2D eigenvalue weighted by atomic mass is 9.99. The molecule has 0 spiro atoms. The van der Waals surface area contributed by atoms with Crippen LogP contribution in [-0.4, -0.2) is 28.4 Å². The largest absolute Gasteiger partial charge is 0.443 e. The quantitative estimate of drug-likeness (QED) is 0.830. The molecule has 2 aromatic rings. The van der Waals surface area contributed by atoms with Gasteiger partial charge in [-0.3, -0.25) is 4.79 Å². The minimum atomic E-state index is 0.116. The topological polar surface area (TPSA) is 46.3 Å². The van der Waals surface area contributed by atoms with Gasteiger partial charge in [-0.1, -0.05) is 6.92 Å². The van der Waals surface area contributed by atoms with E-state index in [-0.39, 0.29) is 5.91 Å². The number of likely N-dealkylation sites (tertiary alicyclic amines) is 1. The molecule has 0 saturated carbocycles. The summed E-state index contributed by atoms with van der Waals surface area (Å²) in [6.45, 7) is 3.02. The minimum Gasteiger partial charge on any atom is -0.443 e. The number of benzene rings is 1. The van der Waals surface area contributed by atoms with Gasteiger partial charge in [0.1, 0.15) is 5.52 Å². The van der Waals surface area contributed by atoms with Crippen molar-refractivity contribution in [3.05, 3.63) is 30.2 Å². The average Bonchev–Trinajstić information content (AvgIpc) is 2.93. The Kier molecular flexibility index (Phi) is 3.23. The number of oxazole rings is 1. The molecule has 1 atom stereocenters. The fourth-order valence-electron chi connectivity index (χ4n) is 2.85. The number of carbonyl (C=O) groups is 1. The second kappa shape index (κ2) is 5.03. The van der Waals surface area contributed by atoms with Gasteiger partial charge in [0.05, 0.1) is 0 Å². The Balaban J connectivity index is 1.89. The van der Waals surface area contributed by atoms with Gasteiger partial charge in [-0.15, -0.1) is 0 Å². The number of rotatable bonds is 2. The monoisotopic (exact) mass is 258 g/mol. The molecule has 1 amide bonds. The molecule has 1 aliphatic heterocycles. The van der Waals surface area contributed by atoms with E-state index in [4.69, 9.17) is 4.42 Å². The second-order valence-corrected chi connectivity index (χ2v) is 5.09. The molecule has 2 heterocycles. The number of aromatic nitrogens is 1. The second-order valence-electron chi connectivity index (χ2n) is 5.09. The molecular formula is C15H18N2O2. The van der Waals surface area contributed by atoms with Crippen LogP contribution in [0.3, 0.4) is 0 Å². The maximum absolute atomic E-state index is 12.6. The zero-order chi connectivity index (χ0) is 13.2. The Bertz CT molecular complexity index is 591. The summed E-state index contributed by atoms with van der Waals surface area (Å²) in [5.41, 5.74) is 2.17. The van der Waals surface area contributed by atoms with E-state index in [9.17, 15) is 4.79 Å². The number of amides is 1. The van der Waals surface area contributed by atoms with Crippen LogP contribution < -0.4 is 0 Å². The molecule has 1 fully saturated rings. The van der Waals surface area contributed by atoms with Crippen molar-refractivity contribution < 1.29 is 9.21 Å². The van der Waals surface area contributed by atoms with Crippen LogP contribution in [0, 0.1) is 0 Å². The first-order chi connectivity index (χ1) is 9.29. The molecule has 0 bridgehead atoms. The highest BCUT2D eigenvalue weighted by atomic mass is 16.3. The van der Waals surface area contributed by atoms with Crippen LogP contribution in [0.1, 0.15) is 43.0 Å². The number of carbonyl (C=O) groups excluding carboxylic acids is 1. The standard InChI is InChI=1S/C15H18N2O2/c1-2-12-5-3-4-8-17(12)15(18)11-6-7-13-14(9-11)19-10-16-13/h6-7,9-10,12H,2-5,8H2,1H3. The number of nitrogens with zero attached hydrogens (tertiary/aromatic N) is 2. The summed E-state index contributed by atoms with van der Waals surface area (Å²) in [6, 6.07) is 5.86. The Morgan fingerprint density at radius 2 is 2.37 bits per heavy atom. The van der Waals surface area contributed by atoms with Gasteiger partial charge in [0.25, 0.3) is 5.91 Å². The molecule has 1 saturated heterocycles. The third-order valence-corrected chi connectivity index (χ3v) is 3.94. The molecule has 3 rings (SSSR count). The molecule has 4 nitrogen and oxygen atoms in total. The Morgan fingerprint density at radius 3 is 3.21 bits per heavy atom. The highest BCUT2D eigenvalue weighted by molar-refractivity contribution is 5.97. The zero-order valence-electron chi connectivity index (χ0n) is 11.1. The molecule has 4 heteroatoms. The highest BCUT2D eigenvalue weighted by Gasteiger charge is 2.26. The van der Waals surface area contributed by atoms with E-state index in [0.717, 1.165) is 31.3 Å². The van der Waals surface area contributed by atoms with Crippen molar-refractivity contribution >= 4 is 17.0 Å².